The van der Waals surface area contributed by atoms with Crippen LogP contribution in [0, 0.1) is 34.5 Å². The van der Waals surface area contributed by atoms with Crippen LogP contribution in [0.1, 0.15) is 71.6 Å². The molecule has 0 aromatic rings. The van der Waals surface area contributed by atoms with Gasteiger partial charge >= 0.3 is 16.4 Å². The van der Waals surface area contributed by atoms with Gasteiger partial charge in [-0.05, 0) is 92.4 Å². The zero-order chi connectivity index (χ0) is 22.2. The molecule has 31 heavy (non-hydrogen) atoms. The first-order chi connectivity index (χ1) is 14.5. The number of carbonyl (C=O) groups excluding carboxylic acids is 1. The van der Waals surface area contributed by atoms with Gasteiger partial charge < -0.3 is 9.84 Å². The van der Waals surface area contributed by atoms with Crippen molar-refractivity contribution in [2.75, 3.05) is 6.61 Å². The van der Waals surface area contributed by atoms with Crippen LogP contribution < -0.4 is 0 Å². The maximum absolute atomic E-state index is 12.1. The molecule has 0 bridgehead atoms. The molecule has 1 aliphatic heterocycles. The van der Waals surface area contributed by atoms with Crippen molar-refractivity contribution in [1.29, 1.82) is 0 Å². The fourth-order valence-corrected chi connectivity index (χ4v) is 9.52. The summed E-state index contributed by atoms with van der Waals surface area (Å²) in [5.74, 6) is 0.413. The lowest BCUT2D eigenvalue weighted by Crippen LogP contribution is -2.63. The number of hydrogen-bond acceptors (Lipinski definition) is 6. The van der Waals surface area contributed by atoms with Crippen LogP contribution >= 0.6 is 0 Å². The van der Waals surface area contributed by atoms with Crippen molar-refractivity contribution >= 4 is 16.4 Å². The number of fused-ring (bicyclic) bond motifs is 5. The van der Waals surface area contributed by atoms with Crippen LogP contribution in [0.2, 0.25) is 0 Å². The SMILES string of the molecule is C[C@]12CC[C@H](O)C[C@H]1CC[C@@H]1[C@@H]2CC[C@]2(C)[C@@H](C3=CC(=O)OC3)CC[C@]12OS(=O)(=O)O. The van der Waals surface area contributed by atoms with Crippen molar-refractivity contribution in [2.24, 2.45) is 34.5 Å². The quantitative estimate of drug-likeness (QED) is 0.496. The highest BCUT2D eigenvalue weighted by Crippen LogP contribution is 2.71. The molecule has 0 radical (unpaired) electrons. The lowest BCUT2D eigenvalue weighted by molar-refractivity contribution is -0.196. The Bertz CT molecular complexity index is 913. The number of ether oxygens (including phenoxy) is 1. The van der Waals surface area contributed by atoms with Gasteiger partial charge in [-0.3, -0.25) is 4.55 Å². The minimum Gasteiger partial charge on any atom is -0.458 e. The summed E-state index contributed by atoms with van der Waals surface area (Å²) in [4.78, 5) is 11.8. The minimum atomic E-state index is -4.65. The van der Waals surface area contributed by atoms with E-state index in [-0.39, 0.29) is 35.9 Å². The third-order valence-corrected chi connectivity index (χ3v) is 10.7. The summed E-state index contributed by atoms with van der Waals surface area (Å²) in [6.45, 7) is 4.67. The molecule has 7 nitrogen and oxygen atoms in total. The highest BCUT2D eigenvalue weighted by atomic mass is 32.3. The number of aliphatic hydroxyl groups is 1. The Morgan fingerprint density at radius 1 is 1.06 bits per heavy atom. The smallest absolute Gasteiger partial charge is 0.397 e. The van der Waals surface area contributed by atoms with Gasteiger partial charge in [-0.1, -0.05) is 13.8 Å². The summed E-state index contributed by atoms with van der Waals surface area (Å²) in [6.07, 6.45) is 8.66. The van der Waals surface area contributed by atoms with Crippen molar-refractivity contribution in [3.05, 3.63) is 11.6 Å². The van der Waals surface area contributed by atoms with Crippen LogP contribution in [0.4, 0.5) is 0 Å². The van der Waals surface area contributed by atoms with Crippen LogP contribution in [0.25, 0.3) is 0 Å². The van der Waals surface area contributed by atoms with Crippen molar-refractivity contribution in [3.63, 3.8) is 0 Å². The van der Waals surface area contributed by atoms with Crippen molar-refractivity contribution in [3.8, 4) is 0 Å². The second-order valence-electron chi connectivity index (χ2n) is 11.2. The molecule has 8 atom stereocenters. The highest BCUT2D eigenvalue weighted by molar-refractivity contribution is 7.80. The predicted octanol–water partition coefficient (Wildman–Crippen LogP) is 3.43. The first kappa shape index (κ1) is 21.9. The number of rotatable bonds is 3. The molecule has 5 rings (SSSR count). The van der Waals surface area contributed by atoms with Crippen LogP contribution in [-0.4, -0.2) is 42.4 Å². The molecule has 0 amide bonds. The van der Waals surface area contributed by atoms with Gasteiger partial charge in [0.15, 0.2) is 0 Å². The summed E-state index contributed by atoms with van der Waals surface area (Å²) in [7, 11) is -4.65. The highest BCUT2D eigenvalue weighted by Gasteiger charge is 2.70. The number of cyclic esters (lactones) is 1. The standard InChI is InChI=1S/C23H34O7S/c1-21-8-5-16(24)12-15(21)3-4-19-18(21)6-9-22(2)17(14-11-20(25)29-13-14)7-10-23(19,22)30-31(26,27)28/h11,15-19,24H,3-10,12-13H2,1-2H3,(H,26,27,28)/t15-,16+,17-,18+,19-,21+,22-,23+/m1/s1. The maximum atomic E-state index is 12.1. The second-order valence-corrected chi connectivity index (χ2v) is 12.2. The molecule has 0 aromatic heterocycles. The van der Waals surface area contributed by atoms with Crippen LogP contribution in [0.3, 0.4) is 0 Å². The number of carbonyl (C=O) groups is 1. The van der Waals surface area contributed by atoms with E-state index in [0.717, 1.165) is 56.9 Å². The van der Waals surface area contributed by atoms with E-state index in [1.165, 1.54) is 0 Å². The third-order valence-electron chi connectivity index (χ3n) is 10.2. The van der Waals surface area contributed by atoms with E-state index >= 15 is 0 Å². The monoisotopic (exact) mass is 454 g/mol. The van der Waals surface area contributed by atoms with E-state index < -0.39 is 21.4 Å². The first-order valence-corrected chi connectivity index (χ1v) is 13.1. The molecule has 5 aliphatic rings. The fourth-order valence-electron chi connectivity index (χ4n) is 8.74. The Morgan fingerprint density at radius 2 is 1.84 bits per heavy atom. The molecule has 0 saturated heterocycles. The van der Waals surface area contributed by atoms with Gasteiger partial charge in [0.1, 0.15) is 6.61 Å². The Balaban J connectivity index is 1.56. The van der Waals surface area contributed by atoms with Gasteiger partial charge in [0.25, 0.3) is 0 Å². The minimum absolute atomic E-state index is 0.000331. The largest absolute Gasteiger partial charge is 0.458 e. The molecule has 0 spiro atoms. The Kier molecular flexibility index (Phi) is 4.95. The molecule has 4 saturated carbocycles. The fraction of sp³-hybridized carbons (Fsp3) is 0.870. The second kappa shape index (κ2) is 7.02. The van der Waals surface area contributed by atoms with Gasteiger partial charge in [-0.15, -0.1) is 0 Å². The van der Waals surface area contributed by atoms with Crippen molar-refractivity contribution in [2.45, 2.75) is 83.3 Å². The van der Waals surface area contributed by atoms with Crippen molar-refractivity contribution < 1.29 is 31.8 Å². The summed E-state index contributed by atoms with van der Waals surface area (Å²) < 4.78 is 45.1. The van der Waals surface area contributed by atoms with E-state index in [0.29, 0.717) is 18.3 Å². The molecular weight excluding hydrogens is 420 g/mol. The van der Waals surface area contributed by atoms with Gasteiger partial charge in [0, 0.05) is 11.5 Å². The summed E-state index contributed by atoms with van der Waals surface area (Å²) in [6, 6.07) is 0. The molecule has 4 aliphatic carbocycles. The van der Waals surface area contributed by atoms with E-state index in [9.17, 15) is 22.9 Å². The number of aliphatic hydroxyl groups excluding tert-OH is 1. The zero-order valence-corrected chi connectivity index (χ0v) is 19.2. The molecule has 8 heteroatoms. The summed E-state index contributed by atoms with van der Waals surface area (Å²) in [5, 5.41) is 10.2. The molecule has 1 heterocycles. The summed E-state index contributed by atoms with van der Waals surface area (Å²) in [5.41, 5.74) is -0.512. The van der Waals surface area contributed by atoms with Crippen molar-refractivity contribution in [1.82, 2.24) is 0 Å². The number of hydrogen-bond donors (Lipinski definition) is 2. The molecule has 174 valence electrons. The summed E-state index contributed by atoms with van der Waals surface area (Å²) >= 11 is 0. The topological polar surface area (TPSA) is 110 Å². The van der Waals surface area contributed by atoms with Gasteiger partial charge in [0.05, 0.1) is 11.7 Å². The Labute approximate surface area is 184 Å². The lowest BCUT2D eigenvalue weighted by atomic mass is 9.43. The maximum Gasteiger partial charge on any atom is 0.397 e. The number of esters is 1. The Morgan fingerprint density at radius 3 is 2.52 bits per heavy atom. The Hall–Kier alpha value is -0.960. The van der Waals surface area contributed by atoms with E-state index in [1.54, 1.807) is 6.08 Å². The lowest BCUT2D eigenvalue weighted by Gasteiger charge is -2.64. The average molecular weight is 455 g/mol. The molecule has 2 N–H and O–H groups in total. The molecule has 4 fully saturated rings. The van der Waals surface area contributed by atoms with E-state index in [1.807, 2.05) is 0 Å². The predicted molar refractivity (Wildman–Crippen MR) is 112 cm³/mol. The molecule has 0 unspecified atom stereocenters. The zero-order valence-electron chi connectivity index (χ0n) is 18.4. The van der Waals surface area contributed by atoms with E-state index in [2.05, 4.69) is 13.8 Å². The average Bonchev–Trinajstić information content (AvgIpc) is 3.22. The van der Waals surface area contributed by atoms with Gasteiger partial charge in [-0.25, -0.2) is 8.98 Å². The van der Waals surface area contributed by atoms with E-state index in [4.69, 9.17) is 8.92 Å². The van der Waals surface area contributed by atoms with Gasteiger partial charge in [0.2, 0.25) is 0 Å². The van der Waals surface area contributed by atoms with Crippen LogP contribution in [0.15, 0.2) is 11.6 Å². The van der Waals surface area contributed by atoms with Crippen LogP contribution in [-0.2, 0) is 24.1 Å². The normalized spacial score (nSPS) is 49.6. The third kappa shape index (κ3) is 3.15. The van der Waals surface area contributed by atoms with Crippen LogP contribution in [0.5, 0.6) is 0 Å². The molecule has 0 aromatic carbocycles. The molecular formula is C23H34O7S. The first-order valence-electron chi connectivity index (χ1n) is 11.7. The van der Waals surface area contributed by atoms with Gasteiger partial charge in [-0.2, -0.15) is 8.42 Å².